The fourth-order valence-corrected chi connectivity index (χ4v) is 3.48. The molecule has 4 amide bonds. The lowest BCUT2D eigenvalue weighted by Gasteiger charge is -2.32. The topological polar surface area (TPSA) is 87.7 Å². The first-order valence-corrected chi connectivity index (χ1v) is 8.70. The molecule has 1 aromatic carbocycles. The van der Waals surface area contributed by atoms with Crippen LogP contribution in [0.3, 0.4) is 0 Å². The third-order valence-corrected chi connectivity index (χ3v) is 5.00. The van der Waals surface area contributed by atoms with Crippen molar-refractivity contribution in [3.63, 3.8) is 0 Å². The van der Waals surface area contributed by atoms with E-state index in [1.807, 2.05) is 0 Å². The van der Waals surface area contributed by atoms with Crippen molar-refractivity contribution < 1.29 is 23.5 Å². The first-order chi connectivity index (χ1) is 12.5. The fraction of sp³-hybridized carbons (Fsp3) is 0.500. The third-order valence-electron chi connectivity index (χ3n) is 5.00. The molecule has 2 aliphatic rings. The molecule has 2 heterocycles. The number of benzene rings is 1. The molecule has 2 N–H and O–H groups in total. The predicted octanol–water partition coefficient (Wildman–Crippen LogP) is 1.53. The quantitative estimate of drug-likeness (QED) is 0.777. The van der Waals surface area contributed by atoms with Crippen LogP contribution >= 0.6 is 0 Å². The van der Waals surface area contributed by atoms with Crippen molar-refractivity contribution in [2.24, 2.45) is 0 Å². The number of hydrogen-bond donors (Lipinski definition) is 2. The molecule has 7 nitrogen and oxygen atoms in total. The molecule has 140 valence electrons. The zero-order valence-electron chi connectivity index (χ0n) is 14.6. The van der Waals surface area contributed by atoms with Gasteiger partial charge in [-0.15, -0.1) is 0 Å². The van der Waals surface area contributed by atoms with Crippen LogP contribution in [0.5, 0.6) is 5.75 Å². The number of hydrogen-bond acceptors (Lipinski definition) is 4. The van der Waals surface area contributed by atoms with Crippen LogP contribution in [-0.2, 0) is 9.59 Å². The maximum atomic E-state index is 13.5. The Bertz CT molecular complexity index is 716. The second-order valence-corrected chi connectivity index (χ2v) is 6.60. The van der Waals surface area contributed by atoms with Gasteiger partial charge in [-0.1, -0.05) is 6.07 Å². The maximum Gasteiger partial charge on any atom is 0.322 e. The van der Waals surface area contributed by atoms with Gasteiger partial charge in [-0.05, 0) is 42.9 Å². The molecule has 0 saturated carbocycles. The molecule has 0 aromatic heterocycles. The molecule has 8 heteroatoms. The first kappa shape index (κ1) is 18.2. The summed E-state index contributed by atoms with van der Waals surface area (Å²) in [5.74, 6) is -0.293. The number of amides is 4. The Morgan fingerprint density at radius 3 is 2.65 bits per heavy atom. The van der Waals surface area contributed by atoms with Gasteiger partial charge in [0.25, 0.3) is 5.91 Å². The number of piperidine rings is 1. The van der Waals surface area contributed by atoms with Crippen molar-refractivity contribution in [2.45, 2.75) is 37.6 Å². The molecule has 0 radical (unpaired) electrons. The molecule has 0 bridgehead atoms. The SMILES string of the molecule is COc1cc(C2CCN(C(=O)CC[C@H]3NC(=O)NC3=O)CC2)ccc1F. The van der Waals surface area contributed by atoms with Gasteiger partial charge in [-0.2, -0.15) is 0 Å². The highest BCUT2D eigenvalue weighted by Crippen LogP contribution is 2.31. The molecule has 2 saturated heterocycles. The third kappa shape index (κ3) is 3.95. The highest BCUT2D eigenvalue weighted by molar-refractivity contribution is 6.04. The van der Waals surface area contributed by atoms with Crippen LogP contribution in [0, 0.1) is 5.82 Å². The van der Waals surface area contributed by atoms with E-state index in [2.05, 4.69) is 10.6 Å². The van der Waals surface area contributed by atoms with E-state index in [4.69, 9.17) is 4.74 Å². The van der Waals surface area contributed by atoms with Crippen LogP contribution in [-0.4, -0.2) is 49.0 Å². The van der Waals surface area contributed by atoms with Crippen molar-refractivity contribution in [3.8, 4) is 5.75 Å². The molecule has 0 spiro atoms. The zero-order valence-corrected chi connectivity index (χ0v) is 14.6. The van der Waals surface area contributed by atoms with E-state index < -0.39 is 12.1 Å². The van der Waals surface area contributed by atoms with E-state index in [1.54, 1.807) is 17.0 Å². The average Bonchev–Trinajstić information content (AvgIpc) is 2.97. The highest BCUT2D eigenvalue weighted by Gasteiger charge is 2.31. The monoisotopic (exact) mass is 363 g/mol. The van der Waals surface area contributed by atoms with Gasteiger partial charge < -0.3 is 15.0 Å². The molecular weight excluding hydrogens is 341 g/mol. The molecule has 0 unspecified atom stereocenters. The van der Waals surface area contributed by atoms with E-state index in [1.165, 1.54) is 13.2 Å². The molecule has 2 aliphatic heterocycles. The number of methoxy groups -OCH3 is 1. The number of nitrogens with one attached hydrogen (secondary N) is 2. The normalized spacial score (nSPS) is 20.7. The summed E-state index contributed by atoms with van der Waals surface area (Å²) in [5, 5.41) is 4.65. The van der Waals surface area contributed by atoms with E-state index >= 15 is 0 Å². The lowest BCUT2D eigenvalue weighted by atomic mass is 9.89. The van der Waals surface area contributed by atoms with Crippen LogP contribution in [0.15, 0.2) is 18.2 Å². The Morgan fingerprint density at radius 2 is 2.04 bits per heavy atom. The van der Waals surface area contributed by atoms with Gasteiger partial charge in [-0.25, -0.2) is 9.18 Å². The number of urea groups is 1. The fourth-order valence-electron chi connectivity index (χ4n) is 3.48. The molecule has 2 fully saturated rings. The van der Waals surface area contributed by atoms with Crippen LogP contribution in [0.25, 0.3) is 0 Å². The Labute approximate surface area is 150 Å². The Hall–Kier alpha value is -2.64. The number of imide groups is 1. The standard InChI is InChI=1S/C18H22FN3O4/c1-26-15-10-12(2-3-13(15)19)11-6-8-22(9-7-11)16(23)5-4-14-17(24)21-18(25)20-14/h2-3,10-11,14H,4-9H2,1H3,(H2,20,21,24,25)/t14-/m1/s1. The number of nitrogens with zero attached hydrogens (tertiary/aromatic N) is 1. The molecule has 1 atom stereocenters. The summed E-state index contributed by atoms with van der Waals surface area (Å²) >= 11 is 0. The van der Waals surface area contributed by atoms with E-state index in [0.717, 1.165) is 18.4 Å². The predicted molar refractivity (Wildman–Crippen MR) is 91.2 cm³/mol. The summed E-state index contributed by atoms with van der Waals surface area (Å²) in [6.45, 7) is 1.23. The second-order valence-electron chi connectivity index (χ2n) is 6.60. The number of likely N-dealkylation sites (tertiary alicyclic amines) is 1. The number of ether oxygens (including phenoxy) is 1. The van der Waals surface area contributed by atoms with Gasteiger partial charge in [0.1, 0.15) is 6.04 Å². The van der Waals surface area contributed by atoms with Crippen molar-refractivity contribution in [2.75, 3.05) is 20.2 Å². The Kier molecular flexibility index (Phi) is 5.39. The average molecular weight is 363 g/mol. The molecule has 3 rings (SSSR count). The highest BCUT2D eigenvalue weighted by atomic mass is 19.1. The van der Waals surface area contributed by atoms with E-state index in [9.17, 15) is 18.8 Å². The van der Waals surface area contributed by atoms with Crippen LogP contribution in [0.4, 0.5) is 9.18 Å². The van der Waals surface area contributed by atoms with Crippen LogP contribution < -0.4 is 15.4 Å². The number of rotatable bonds is 5. The van der Waals surface area contributed by atoms with E-state index in [0.29, 0.717) is 19.5 Å². The van der Waals surface area contributed by atoms with Gasteiger partial charge in [0, 0.05) is 19.5 Å². The van der Waals surface area contributed by atoms with Gasteiger partial charge in [0.15, 0.2) is 11.6 Å². The molecule has 0 aliphatic carbocycles. The maximum absolute atomic E-state index is 13.5. The lowest BCUT2D eigenvalue weighted by molar-refractivity contribution is -0.132. The number of carbonyl (C=O) groups is 3. The minimum atomic E-state index is -0.629. The number of carbonyl (C=O) groups excluding carboxylic acids is 3. The largest absolute Gasteiger partial charge is 0.494 e. The minimum Gasteiger partial charge on any atom is -0.494 e. The second kappa shape index (κ2) is 7.72. The summed E-state index contributed by atoms with van der Waals surface area (Å²) in [6.07, 6.45) is 2.10. The summed E-state index contributed by atoms with van der Waals surface area (Å²) in [4.78, 5) is 36.7. The molecule has 1 aromatic rings. The van der Waals surface area contributed by atoms with Gasteiger partial charge in [0.2, 0.25) is 5.91 Å². The minimum absolute atomic E-state index is 0.0194. The summed E-state index contributed by atoms with van der Waals surface area (Å²) in [5.41, 5.74) is 1.01. The molecule has 26 heavy (non-hydrogen) atoms. The summed E-state index contributed by atoms with van der Waals surface area (Å²) < 4.78 is 18.6. The Morgan fingerprint density at radius 1 is 1.31 bits per heavy atom. The molecular formula is C18H22FN3O4. The van der Waals surface area contributed by atoms with Crippen molar-refractivity contribution >= 4 is 17.8 Å². The summed E-state index contributed by atoms with van der Waals surface area (Å²) in [7, 11) is 1.44. The van der Waals surface area contributed by atoms with Gasteiger partial charge in [-0.3, -0.25) is 14.9 Å². The van der Waals surface area contributed by atoms with Crippen LogP contribution in [0.1, 0.15) is 37.2 Å². The smallest absolute Gasteiger partial charge is 0.322 e. The van der Waals surface area contributed by atoms with Gasteiger partial charge >= 0.3 is 6.03 Å². The summed E-state index contributed by atoms with van der Waals surface area (Å²) in [6, 6.07) is 3.76. The lowest BCUT2D eigenvalue weighted by Crippen LogP contribution is -2.39. The Balaban J connectivity index is 1.49. The number of halogens is 1. The van der Waals surface area contributed by atoms with E-state index in [-0.39, 0.29) is 35.7 Å². The van der Waals surface area contributed by atoms with Crippen molar-refractivity contribution in [1.82, 2.24) is 15.5 Å². The van der Waals surface area contributed by atoms with Crippen LogP contribution in [0.2, 0.25) is 0 Å². The van der Waals surface area contributed by atoms with Crippen molar-refractivity contribution in [1.29, 1.82) is 0 Å². The van der Waals surface area contributed by atoms with Gasteiger partial charge in [0.05, 0.1) is 7.11 Å². The first-order valence-electron chi connectivity index (χ1n) is 8.70. The zero-order chi connectivity index (χ0) is 18.7. The van der Waals surface area contributed by atoms with Crippen molar-refractivity contribution in [3.05, 3.63) is 29.6 Å².